The van der Waals surface area contributed by atoms with E-state index >= 15 is 0 Å². The maximum atomic E-state index is 13.0. The van der Waals surface area contributed by atoms with Crippen LogP contribution in [-0.4, -0.2) is 40.1 Å². The molecule has 2 heterocycles. The lowest BCUT2D eigenvalue weighted by Crippen LogP contribution is -2.43. The number of amides is 1. The molecule has 2 aromatic rings. The van der Waals surface area contributed by atoms with Gasteiger partial charge in [-0.3, -0.25) is 14.7 Å². The molecule has 0 fully saturated rings. The van der Waals surface area contributed by atoms with Gasteiger partial charge in [0.05, 0.1) is 5.41 Å². The van der Waals surface area contributed by atoms with Gasteiger partial charge in [0.25, 0.3) is 0 Å². The van der Waals surface area contributed by atoms with Crippen LogP contribution >= 0.6 is 23.1 Å². The van der Waals surface area contributed by atoms with Crippen LogP contribution in [0.5, 0.6) is 0 Å². The molecule has 0 bridgehead atoms. The molecule has 7 heteroatoms. The maximum absolute atomic E-state index is 13.0. The molecule has 0 spiro atoms. The van der Waals surface area contributed by atoms with E-state index in [4.69, 9.17) is 0 Å². The number of carbonyl (C=O) groups is 1. The minimum atomic E-state index is -0.339. The Bertz CT molecular complexity index is 641. The van der Waals surface area contributed by atoms with Crippen LogP contribution in [0, 0.1) is 5.41 Å². The lowest BCUT2D eigenvalue weighted by molar-refractivity contribution is -0.127. The van der Waals surface area contributed by atoms with Crippen LogP contribution in [0.2, 0.25) is 0 Å². The first-order valence-electron chi connectivity index (χ1n) is 7.59. The van der Waals surface area contributed by atoms with E-state index in [1.165, 1.54) is 11.3 Å². The number of aromatic nitrogens is 3. The standard InChI is InChI=1S/C16H22N4OS2/c1-5-16(6-2,11-22-4)14(21)20(3)15-19-18-13(23-15)12-8-7-9-17-10-12/h7-10H,5-6,11H2,1-4H3. The van der Waals surface area contributed by atoms with Gasteiger partial charge < -0.3 is 0 Å². The molecule has 0 atom stereocenters. The molecule has 23 heavy (non-hydrogen) atoms. The summed E-state index contributed by atoms with van der Waals surface area (Å²) in [5, 5.41) is 9.79. The SMILES string of the molecule is CCC(CC)(CSC)C(=O)N(C)c1nnc(-c2cccnc2)s1. The quantitative estimate of drug-likeness (QED) is 0.761. The molecular weight excluding hydrogens is 328 g/mol. The highest BCUT2D eigenvalue weighted by Crippen LogP contribution is 2.35. The lowest BCUT2D eigenvalue weighted by Gasteiger charge is -2.32. The molecule has 5 nitrogen and oxygen atoms in total. The fourth-order valence-electron chi connectivity index (χ4n) is 2.49. The van der Waals surface area contributed by atoms with Gasteiger partial charge in [-0.1, -0.05) is 25.2 Å². The number of pyridine rings is 1. The number of hydrogen-bond donors (Lipinski definition) is 0. The van der Waals surface area contributed by atoms with Gasteiger partial charge in [0, 0.05) is 30.8 Å². The maximum Gasteiger partial charge on any atom is 0.235 e. The number of nitrogens with zero attached hydrogens (tertiary/aromatic N) is 4. The van der Waals surface area contributed by atoms with Crippen molar-refractivity contribution in [2.24, 2.45) is 5.41 Å². The monoisotopic (exact) mass is 350 g/mol. The fraction of sp³-hybridized carbons (Fsp3) is 0.500. The van der Waals surface area contributed by atoms with E-state index in [2.05, 4.69) is 29.0 Å². The minimum Gasteiger partial charge on any atom is -0.289 e. The van der Waals surface area contributed by atoms with Gasteiger partial charge in [0.2, 0.25) is 11.0 Å². The Morgan fingerprint density at radius 1 is 1.35 bits per heavy atom. The molecule has 0 N–H and O–H groups in total. The highest BCUT2D eigenvalue weighted by molar-refractivity contribution is 7.98. The highest BCUT2D eigenvalue weighted by Gasteiger charge is 2.37. The summed E-state index contributed by atoms with van der Waals surface area (Å²) in [5.41, 5.74) is 0.576. The van der Waals surface area contributed by atoms with E-state index in [0.29, 0.717) is 5.13 Å². The van der Waals surface area contributed by atoms with Crippen LogP contribution in [-0.2, 0) is 4.79 Å². The second kappa shape index (κ2) is 7.88. The molecule has 2 aromatic heterocycles. The highest BCUT2D eigenvalue weighted by atomic mass is 32.2. The van der Waals surface area contributed by atoms with Crippen molar-refractivity contribution in [3.8, 4) is 10.6 Å². The first-order chi connectivity index (χ1) is 11.1. The zero-order valence-electron chi connectivity index (χ0n) is 13.9. The summed E-state index contributed by atoms with van der Waals surface area (Å²) in [6.45, 7) is 4.15. The summed E-state index contributed by atoms with van der Waals surface area (Å²) in [5.74, 6) is 0.933. The van der Waals surface area contributed by atoms with E-state index < -0.39 is 0 Å². The van der Waals surface area contributed by atoms with Gasteiger partial charge in [-0.05, 0) is 31.2 Å². The predicted molar refractivity (Wildman–Crippen MR) is 97.9 cm³/mol. The van der Waals surface area contributed by atoms with Crippen LogP contribution in [0.3, 0.4) is 0 Å². The van der Waals surface area contributed by atoms with Gasteiger partial charge in [0.1, 0.15) is 0 Å². The van der Waals surface area contributed by atoms with Crippen molar-refractivity contribution in [1.29, 1.82) is 0 Å². The average Bonchev–Trinajstić information content (AvgIpc) is 3.09. The predicted octanol–water partition coefficient (Wildman–Crippen LogP) is 3.73. The van der Waals surface area contributed by atoms with Crippen molar-refractivity contribution >= 4 is 34.1 Å². The zero-order valence-corrected chi connectivity index (χ0v) is 15.6. The molecule has 2 rings (SSSR count). The normalized spacial score (nSPS) is 11.5. The summed E-state index contributed by atoms with van der Waals surface area (Å²) in [7, 11) is 1.79. The molecular formula is C16H22N4OS2. The molecule has 0 aliphatic rings. The largest absolute Gasteiger partial charge is 0.289 e. The Kier molecular flexibility index (Phi) is 6.12. The Balaban J connectivity index is 2.25. The van der Waals surface area contributed by atoms with E-state index in [1.54, 1.807) is 36.1 Å². The minimum absolute atomic E-state index is 0.116. The third kappa shape index (κ3) is 3.72. The molecule has 0 saturated heterocycles. The first-order valence-corrected chi connectivity index (χ1v) is 9.80. The summed E-state index contributed by atoms with van der Waals surface area (Å²) < 4.78 is 0. The van der Waals surface area contributed by atoms with Crippen molar-refractivity contribution in [2.45, 2.75) is 26.7 Å². The number of anilines is 1. The fourth-order valence-corrected chi connectivity index (χ4v) is 4.37. The molecule has 0 aliphatic heterocycles. The summed E-state index contributed by atoms with van der Waals surface area (Å²) in [4.78, 5) is 18.8. The Morgan fingerprint density at radius 2 is 2.09 bits per heavy atom. The molecule has 0 aromatic carbocycles. The van der Waals surface area contributed by atoms with E-state index in [1.807, 2.05) is 18.4 Å². The molecule has 0 unspecified atom stereocenters. The average molecular weight is 351 g/mol. The Labute approximate surface area is 145 Å². The van der Waals surface area contributed by atoms with Crippen LogP contribution in [0.4, 0.5) is 5.13 Å². The van der Waals surface area contributed by atoms with Gasteiger partial charge in [0.15, 0.2) is 5.01 Å². The third-order valence-electron chi connectivity index (χ3n) is 4.14. The van der Waals surface area contributed by atoms with Crippen molar-refractivity contribution in [1.82, 2.24) is 15.2 Å². The second-order valence-electron chi connectivity index (χ2n) is 5.42. The molecule has 1 amide bonds. The Morgan fingerprint density at radius 3 is 2.65 bits per heavy atom. The number of thioether (sulfide) groups is 1. The van der Waals surface area contributed by atoms with Crippen molar-refractivity contribution in [3.63, 3.8) is 0 Å². The molecule has 0 radical (unpaired) electrons. The first kappa shape index (κ1) is 17.9. The molecule has 0 saturated carbocycles. The topological polar surface area (TPSA) is 59.0 Å². The second-order valence-corrected chi connectivity index (χ2v) is 7.24. The Hall–Kier alpha value is -1.47. The van der Waals surface area contributed by atoms with Crippen molar-refractivity contribution in [2.75, 3.05) is 24.0 Å². The van der Waals surface area contributed by atoms with Gasteiger partial charge in [-0.15, -0.1) is 10.2 Å². The molecule has 0 aliphatic carbocycles. The van der Waals surface area contributed by atoms with Gasteiger partial charge >= 0.3 is 0 Å². The lowest BCUT2D eigenvalue weighted by atomic mass is 9.83. The molecule has 124 valence electrons. The van der Waals surface area contributed by atoms with E-state index in [0.717, 1.165) is 29.2 Å². The number of rotatable bonds is 7. The van der Waals surface area contributed by atoms with Crippen LogP contribution in [0.15, 0.2) is 24.5 Å². The summed E-state index contributed by atoms with van der Waals surface area (Å²) in [6.07, 6.45) is 7.16. The van der Waals surface area contributed by atoms with Crippen LogP contribution in [0.1, 0.15) is 26.7 Å². The van der Waals surface area contributed by atoms with Gasteiger partial charge in [-0.2, -0.15) is 11.8 Å². The van der Waals surface area contributed by atoms with E-state index in [-0.39, 0.29) is 11.3 Å². The summed E-state index contributed by atoms with van der Waals surface area (Å²) >= 11 is 3.13. The number of hydrogen-bond acceptors (Lipinski definition) is 6. The van der Waals surface area contributed by atoms with Crippen LogP contribution < -0.4 is 4.90 Å². The smallest absolute Gasteiger partial charge is 0.235 e. The van der Waals surface area contributed by atoms with Crippen molar-refractivity contribution in [3.05, 3.63) is 24.5 Å². The zero-order chi connectivity index (χ0) is 16.9. The number of carbonyl (C=O) groups excluding carboxylic acids is 1. The van der Waals surface area contributed by atoms with Crippen LogP contribution in [0.25, 0.3) is 10.6 Å². The van der Waals surface area contributed by atoms with E-state index in [9.17, 15) is 4.79 Å². The summed E-state index contributed by atoms with van der Waals surface area (Å²) in [6, 6.07) is 3.80. The van der Waals surface area contributed by atoms with Gasteiger partial charge in [-0.25, -0.2) is 0 Å². The third-order valence-corrected chi connectivity index (χ3v) is 6.03. The van der Waals surface area contributed by atoms with Crippen molar-refractivity contribution < 1.29 is 4.79 Å².